The molecular formula is C15H16N2. The van der Waals surface area contributed by atoms with Crippen LogP contribution in [0.2, 0.25) is 0 Å². The van der Waals surface area contributed by atoms with Crippen molar-refractivity contribution in [3.05, 3.63) is 54.5 Å². The van der Waals surface area contributed by atoms with Crippen molar-refractivity contribution in [1.82, 2.24) is 9.55 Å². The average molecular weight is 224 g/mol. The Morgan fingerprint density at radius 1 is 1.47 bits per heavy atom. The topological polar surface area (TPSA) is 17.8 Å². The van der Waals surface area contributed by atoms with Crippen molar-refractivity contribution in [2.75, 3.05) is 0 Å². The number of rotatable bonds is 2. The predicted molar refractivity (Wildman–Crippen MR) is 71.0 cm³/mol. The summed E-state index contributed by atoms with van der Waals surface area (Å²) in [6, 6.07) is 4.74. The van der Waals surface area contributed by atoms with Crippen LogP contribution in [-0.4, -0.2) is 9.55 Å². The van der Waals surface area contributed by atoms with E-state index in [-0.39, 0.29) is 0 Å². The van der Waals surface area contributed by atoms with Crippen LogP contribution in [0, 0.1) is 6.92 Å². The molecule has 86 valence electrons. The lowest BCUT2D eigenvalue weighted by Gasteiger charge is -2.11. The van der Waals surface area contributed by atoms with Crippen LogP contribution >= 0.6 is 0 Å². The van der Waals surface area contributed by atoms with Gasteiger partial charge in [0.05, 0.1) is 11.6 Å². The quantitative estimate of drug-likeness (QED) is 0.758. The SMILES string of the molecule is C=CC1=CC(n2ccc3c(C)nccc32)CC1. The molecule has 2 heteroatoms. The van der Waals surface area contributed by atoms with E-state index in [1.165, 1.54) is 22.9 Å². The molecule has 2 aromatic rings. The fourth-order valence-corrected chi connectivity index (χ4v) is 2.64. The second-order valence-corrected chi connectivity index (χ2v) is 4.60. The van der Waals surface area contributed by atoms with E-state index in [9.17, 15) is 0 Å². The summed E-state index contributed by atoms with van der Waals surface area (Å²) in [4.78, 5) is 4.33. The molecule has 1 atom stereocenters. The van der Waals surface area contributed by atoms with Crippen molar-refractivity contribution in [2.45, 2.75) is 25.8 Å². The maximum absolute atomic E-state index is 4.33. The van der Waals surface area contributed by atoms with Crippen LogP contribution in [0.25, 0.3) is 10.9 Å². The van der Waals surface area contributed by atoms with Crippen LogP contribution in [0.5, 0.6) is 0 Å². The molecule has 0 spiro atoms. The van der Waals surface area contributed by atoms with Gasteiger partial charge < -0.3 is 4.57 Å². The van der Waals surface area contributed by atoms with Crippen LogP contribution in [0.15, 0.2) is 48.8 Å². The van der Waals surface area contributed by atoms with Crippen molar-refractivity contribution in [3.8, 4) is 0 Å². The first kappa shape index (κ1) is 10.3. The van der Waals surface area contributed by atoms with Gasteiger partial charge in [-0.25, -0.2) is 0 Å². The first-order valence-electron chi connectivity index (χ1n) is 6.05. The number of fused-ring (bicyclic) bond motifs is 1. The molecule has 0 N–H and O–H groups in total. The first-order valence-corrected chi connectivity index (χ1v) is 6.05. The highest BCUT2D eigenvalue weighted by Crippen LogP contribution is 2.32. The molecule has 0 aliphatic heterocycles. The van der Waals surface area contributed by atoms with E-state index in [0.717, 1.165) is 12.1 Å². The average Bonchev–Trinajstić information content (AvgIpc) is 2.94. The minimum Gasteiger partial charge on any atom is -0.340 e. The van der Waals surface area contributed by atoms with Gasteiger partial charge in [-0.15, -0.1) is 0 Å². The molecule has 17 heavy (non-hydrogen) atoms. The summed E-state index contributed by atoms with van der Waals surface area (Å²) in [5, 5.41) is 1.26. The Labute approximate surface area is 101 Å². The molecule has 0 aromatic carbocycles. The summed E-state index contributed by atoms with van der Waals surface area (Å²) < 4.78 is 2.35. The van der Waals surface area contributed by atoms with Crippen LogP contribution in [0.1, 0.15) is 24.6 Å². The molecule has 0 fully saturated rings. The molecule has 1 aliphatic carbocycles. The van der Waals surface area contributed by atoms with Crippen molar-refractivity contribution >= 4 is 10.9 Å². The zero-order valence-corrected chi connectivity index (χ0v) is 10.1. The van der Waals surface area contributed by atoms with Gasteiger partial charge in [-0.05, 0) is 31.9 Å². The van der Waals surface area contributed by atoms with Gasteiger partial charge in [-0.1, -0.05) is 24.3 Å². The maximum atomic E-state index is 4.33. The lowest BCUT2D eigenvalue weighted by Crippen LogP contribution is -2.01. The van der Waals surface area contributed by atoms with Crippen molar-refractivity contribution < 1.29 is 0 Å². The lowest BCUT2D eigenvalue weighted by molar-refractivity contribution is 0.609. The number of allylic oxidation sites excluding steroid dienone is 3. The Hall–Kier alpha value is -1.83. The molecule has 2 heterocycles. The monoisotopic (exact) mass is 224 g/mol. The standard InChI is InChI=1S/C15H16N2/c1-3-12-4-5-13(10-12)17-9-7-14-11(2)16-8-6-15(14)17/h3,6-10,13H,1,4-5H2,2H3. The fourth-order valence-electron chi connectivity index (χ4n) is 2.64. The predicted octanol–water partition coefficient (Wildman–Crippen LogP) is 3.79. The van der Waals surface area contributed by atoms with E-state index >= 15 is 0 Å². The Morgan fingerprint density at radius 3 is 3.12 bits per heavy atom. The molecule has 2 aromatic heterocycles. The highest BCUT2D eigenvalue weighted by Gasteiger charge is 2.17. The molecule has 1 aliphatic rings. The zero-order chi connectivity index (χ0) is 11.8. The van der Waals surface area contributed by atoms with Gasteiger partial charge in [0.2, 0.25) is 0 Å². The van der Waals surface area contributed by atoms with Crippen LogP contribution in [0.3, 0.4) is 0 Å². The molecule has 0 bridgehead atoms. The molecule has 0 saturated carbocycles. The minimum atomic E-state index is 0.474. The summed E-state index contributed by atoms with van der Waals surface area (Å²) in [6.45, 7) is 5.91. The van der Waals surface area contributed by atoms with Crippen LogP contribution in [-0.2, 0) is 0 Å². The Bertz CT molecular complexity index is 604. The van der Waals surface area contributed by atoms with Gasteiger partial charge in [0.15, 0.2) is 0 Å². The Kier molecular flexibility index (Phi) is 2.36. The van der Waals surface area contributed by atoms with E-state index < -0.39 is 0 Å². The normalized spacial score (nSPS) is 19.6. The Morgan fingerprint density at radius 2 is 2.35 bits per heavy atom. The number of aromatic nitrogens is 2. The molecule has 1 unspecified atom stereocenters. The van der Waals surface area contributed by atoms with Crippen LogP contribution in [0.4, 0.5) is 0 Å². The molecule has 3 rings (SSSR count). The van der Waals surface area contributed by atoms with Gasteiger partial charge >= 0.3 is 0 Å². The maximum Gasteiger partial charge on any atom is 0.0525 e. The second kappa shape index (κ2) is 3.88. The number of aryl methyl sites for hydroxylation is 1. The van der Waals surface area contributed by atoms with Gasteiger partial charge in [-0.2, -0.15) is 0 Å². The third-order valence-corrected chi connectivity index (χ3v) is 3.60. The van der Waals surface area contributed by atoms with Gasteiger partial charge in [0, 0.05) is 23.5 Å². The summed E-state index contributed by atoms with van der Waals surface area (Å²) in [7, 11) is 0. The fraction of sp³-hybridized carbons (Fsp3) is 0.267. The van der Waals surface area contributed by atoms with Crippen molar-refractivity contribution in [2.24, 2.45) is 0 Å². The highest BCUT2D eigenvalue weighted by molar-refractivity contribution is 5.82. The zero-order valence-electron chi connectivity index (χ0n) is 10.1. The van der Waals surface area contributed by atoms with E-state index in [0.29, 0.717) is 6.04 Å². The van der Waals surface area contributed by atoms with E-state index in [4.69, 9.17) is 0 Å². The summed E-state index contributed by atoms with van der Waals surface area (Å²) in [5.74, 6) is 0. The molecular weight excluding hydrogens is 208 g/mol. The largest absolute Gasteiger partial charge is 0.340 e. The second-order valence-electron chi connectivity index (χ2n) is 4.60. The minimum absolute atomic E-state index is 0.474. The summed E-state index contributed by atoms with van der Waals surface area (Å²) in [5.41, 5.74) is 3.75. The number of nitrogens with zero attached hydrogens (tertiary/aromatic N) is 2. The summed E-state index contributed by atoms with van der Waals surface area (Å²) in [6.07, 6.45) is 10.7. The van der Waals surface area contributed by atoms with Crippen molar-refractivity contribution in [1.29, 1.82) is 0 Å². The van der Waals surface area contributed by atoms with Gasteiger partial charge in [0.25, 0.3) is 0 Å². The molecule has 2 nitrogen and oxygen atoms in total. The van der Waals surface area contributed by atoms with Gasteiger partial charge in [-0.3, -0.25) is 4.98 Å². The number of hydrogen-bond donors (Lipinski definition) is 0. The van der Waals surface area contributed by atoms with Gasteiger partial charge in [0.1, 0.15) is 0 Å². The van der Waals surface area contributed by atoms with E-state index in [1.54, 1.807) is 0 Å². The first-order chi connectivity index (χ1) is 8.29. The van der Waals surface area contributed by atoms with Crippen molar-refractivity contribution in [3.63, 3.8) is 0 Å². The third-order valence-electron chi connectivity index (χ3n) is 3.60. The van der Waals surface area contributed by atoms with E-state index in [1.807, 2.05) is 12.3 Å². The third kappa shape index (κ3) is 1.60. The highest BCUT2D eigenvalue weighted by atomic mass is 15.0. The molecule has 0 radical (unpaired) electrons. The van der Waals surface area contributed by atoms with Crippen LogP contribution < -0.4 is 0 Å². The number of pyridine rings is 1. The van der Waals surface area contributed by atoms with E-state index in [2.05, 4.69) is 47.5 Å². The number of hydrogen-bond acceptors (Lipinski definition) is 1. The molecule has 0 saturated heterocycles. The molecule has 0 amide bonds. The smallest absolute Gasteiger partial charge is 0.0525 e. The lowest BCUT2D eigenvalue weighted by atomic mass is 10.2. The Balaban J connectivity index is 2.10. The summed E-state index contributed by atoms with van der Waals surface area (Å²) >= 11 is 0.